The van der Waals surface area contributed by atoms with Gasteiger partial charge in [-0.15, -0.1) is 0 Å². The molecule has 3 aliphatic rings. The number of hydrogen-bond acceptors (Lipinski definition) is 7. The van der Waals surface area contributed by atoms with Crippen LogP contribution in [0.25, 0.3) is 16.7 Å². The van der Waals surface area contributed by atoms with Crippen LogP contribution in [0.2, 0.25) is 0 Å². The van der Waals surface area contributed by atoms with Gasteiger partial charge in [-0.1, -0.05) is 31.6 Å². The third kappa shape index (κ3) is 9.89. The number of aromatic nitrogens is 3. The molecule has 1 aliphatic carbocycles. The number of nitrogens with zero attached hydrogens (tertiary/aromatic N) is 4. The van der Waals surface area contributed by atoms with E-state index in [4.69, 9.17) is 4.74 Å². The smallest absolute Gasteiger partial charge is 0.207 e. The fourth-order valence-corrected chi connectivity index (χ4v) is 7.72. The molecule has 2 atom stereocenters. The van der Waals surface area contributed by atoms with Gasteiger partial charge in [0.25, 0.3) is 0 Å². The highest BCUT2D eigenvalue weighted by Crippen LogP contribution is 2.29. The van der Waals surface area contributed by atoms with Crippen LogP contribution >= 0.6 is 0 Å². The molecule has 3 aromatic rings. The zero-order chi connectivity index (χ0) is 30.7. The lowest BCUT2D eigenvalue weighted by Crippen LogP contribution is -2.44. The van der Waals surface area contributed by atoms with Crippen molar-refractivity contribution in [2.45, 2.75) is 71.3 Å². The molecule has 0 radical (unpaired) electrons. The molecule has 2 aromatic heterocycles. The zero-order valence-electron chi connectivity index (χ0n) is 25.7. The lowest BCUT2D eigenvalue weighted by atomic mass is 9.97. The average molecular weight is 610 g/mol. The van der Waals surface area contributed by atoms with Crippen LogP contribution in [0, 0.1) is 12.8 Å². The number of fused-ring (bicyclic) bond motifs is 1. The maximum Gasteiger partial charge on any atom is 0.207 e. The third-order valence-corrected chi connectivity index (χ3v) is 10.2. The van der Waals surface area contributed by atoms with E-state index in [1.165, 1.54) is 50.6 Å². The molecular weight excluding hydrogens is 562 g/mol. The summed E-state index contributed by atoms with van der Waals surface area (Å²) < 4.78 is 31.1. The quantitative estimate of drug-likeness (QED) is 0.288. The lowest BCUT2D eigenvalue weighted by Gasteiger charge is -2.31. The molecule has 43 heavy (non-hydrogen) atoms. The van der Waals surface area contributed by atoms with E-state index in [1.54, 1.807) is 6.20 Å². The van der Waals surface area contributed by atoms with E-state index < -0.39 is 9.84 Å². The van der Waals surface area contributed by atoms with Gasteiger partial charge in [0, 0.05) is 36.3 Å². The number of rotatable bonds is 7. The number of piperidine rings is 1. The topological polar surface area (TPSA) is 106 Å². The first kappa shape index (κ1) is 32.7. The third-order valence-electron chi connectivity index (χ3n) is 8.32. The van der Waals surface area contributed by atoms with E-state index in [0.29, 0.717) is 24.9 Å². The molecule has 234 valence electrons. The Morgan fingerprint density at radius 2 is 1.93 bits per heavy atom. The summed E-state index contributed by atoms with van der Waals surface area (Å²) in [5.41, 5.74) is 2.46. The first-order chi connectivity index (χ1) is 20.8. The van der Waals surface area contributed by atoms with Gasteiger partial charge in [-0.05, 0) is 89.2 Å². The number of carbonyl (C=O) groups is 1. The first-order valence-corrected chi connectivity index (χ1v) is 17.4. The normalized spacial score (nSPS) is 21.7. The van der Waals surface area contributed by atoms with Crippen molar-refractivity contribution in [2.75, 3.05) is 37.7 Å². The van der Waals surface area contributed by atoms with Crippen LogP contribution in [0.3, 0.4) is 0 Å². The van der Waals surface area contributed by atoms with Crippen molar-refractivity contribution < 1.29 is 17.9 Å². The summed E-state index contributed by atoms with van der Waals surface area (Å²) in [6, 6.07) is 10.1. The average Bonchev–Trinajstić information content (AvgIpc) is 3.60. The van der Waals surface area contributed by atoms with Crippen molar-refractivity contribution >= 4 is 27.2 Å². The van der Waals surface area contributed by atoms with E-state index in [-0.39, 0.29) is 17.4 Å². The molecule has 9 nitrogen and oxygen atoms in total. The number of amides is 1. The van der Waals surface area contributed by atoms with Gasteiger partial charge in [0.2, 0.25) is 6.41 Å². The van der Waals surface area contributed by atoms with Crippen molar-refractivity contribution in [3.05, 3.63) is 60.7 Å². The number of aryl methyl sites for hydroxylation is 1. The maximum absolute atomic E-state index is 11.6. The Morgan fingerprint density at radius 1 is 1.12 bits per heavy atom. The molecule has 1 aromatic carbocycles. The number of benzene rings is 1. The highest BCUT2D eigenvalue weighted by molar-refractivity contribution is 7.91. The standard InChI is InChI=1S/C18H19N3O3S.C8H16N2O.C7H12/c1-13-19-8-5-18(20-13)21-9-6-15-16(21)3-2-4-17(15)24-11-14-7-10-25(22,23)12-14;1-2-10-5-3-4-8(6-10)9-7-11;1-7-5-3-2-4-6-7/h2-6,8-9,14H,7,10-12H2,1H3;7-8H,2-6H2,1H3,(H,9,11);1-6H2. The Kier molecular flexibility index (Phi) is 12.2. The number of likely N-dealkylation sites (tertiary alicyclic amines) is 1. The first-order valence-electron chi connectivity index (χ1n) is 15.6. The van der Waals surface area contributed by atoms with Crippen molar-refractivity contribution in [3.8, 4) is 11.6 Å². The summed E-state index contributed by atoms with van der Waals surface area (Å²) in [5, 5.41) is 3.81. The highest BCUT2D eigenvalue weighted by atomic mass is 32.2. The van der Waals surface area contributed by atoms with E-state index >= 15 is 0 Å². The Bertz CT molecular complexity index is 1450. The van der Waals surface area contributed by atoms with Gasteiger partial charge in [-0.3, -0.25) is 4.79 Å². The van der Waals surface area contributed by atoms with Gasteiger partial charge in [0.1, 0.15) is 17.4 Å². The molecule has 2 saturated heterocycles. The SMILES string of the molecule is C=C1CCCCC1.CCN1CCCC(NC=O)C1.Cc1nccc(-n2ccc3c(OCC4CCS(=O)(=O)C4)cccc32)n1. The monoisotopic (exact) mass is 609 g/mol. The second kappa shape index (κ2) is 16.0. The zero-order valence-corrected chi connectivity index (χ0v) is 26.5. The summed E-state index contributed by atoms with van der Waals surface area (Å²) in [6.45, 7) is 11.7. The molecule has 10 heteroatoms. The minimum atomic E-state index is -2.88. The largest absolute Gasteiger partial charge is 0.493 e. The van der Waals surface area contributed by atoms with E-state index in [2.05, 4.69) is 33.7 Å². The van der Waals surface area contributed by atoms with Gasteiger partial charge in [-0.25, -0.2) is 18.4 Å². The van der Waals surface area contributed by atoms with Gasteiger partial charge in [0.05, 0.1) is 23.6 Å². The van der Waals surface area contributed by atoms with Crippen molar-refractivity contribution in [1.82, 2.24) is 24.8 Å². The molecule has 4 heterocycles. The van der Waals surface area contributed by atoms with Crippen molar-refractivity contribution in [3.63, 3.8) is 0 Å². The number of likely N-dealkylation sites (N-methyl/N-ethyl adjacent to an activating group) is 1. The predicted octanol–water partition coefficient (Wildman–Crippen LogP) is 5.27. The molecule has 0 spiro atoms. The van der Waals surface area contributed by atoms with Crippen LogP contribution in [0.5, 0.6) is 5.75 Å². The molecule has 1 saturated carbocycles. The van der Waals surface area contributed by atoms with E-state index in [9.17, 15) is 13.2 Å². The number of allylic oxidation sites excluding steroid dienone is 1. The maximum atomic E-state index is 11.6. The number of nitrogens with one attached hydrogen (secondary N) is 1. The molecular formula is C33H47N5O4S. The molecule has 2 unspecified atom stereocenters. The molecule has 3 fully saturated rings. The number of hydrogen-bond donors (Lipinski definition) is 1. The minimum Gasteiger partial charge on any atom is -0.493 e. The fraction of sp³-hybridized carbons (Fsp3) is 0.545. The lowest BCUT2D eigenvalue weighted by molar-refractivity contribution is -0.110. The number of sulfone groups is 1. The van der Waals surface area contributed by atoms with Crippen LogP contribution in [0.15, 0.2) is 54.9 Å². The van der Waals surface area contributed by atoms with Crippen LogP contribution < -0.4 is 10.1 Å². The summed E-state index contributed by atoms with van der Waals surface area (Å²) in [5.74, 6) is 2.87. The molecule has 1 N–H and O–H groups in total. The van der Waals surface area contributed by atoms with Gasteiger partial charge in [0.15, 0.2) is 9.84 Å². The summed E-state index contributed by atoms with van der Waals surface area (Å²) in [7, 11) is -2.88. The molecule has 6 rings (SSSR count). The van der Waals surface area contributed by atoms with E-state index in [1.807, 2.05) is 48.0 Å². The summed E-state index contributed by atoms with van der Waals surface area (Å²) >= 11 is 0. The molecule has 1 amide bonds. The second-order valence-corrected chi connectivity index (χ2v) is 14.0. The van der Waals surface area contributed by atoms with Crippen LogP contribution in [0.1, 0.15) is 64.1 Å². The van der Waals surface area contributed by atoms with E-state index in [0.717, 1.165) is 48.4 Å². The van der Waals surface area contributed by atoms with Gasteiger partial charge in [-0.2, -0.15) is 0 Å². The highest BCUT2D eigenvalue weighted by Gasteiger charge is 2.28. The number of ether oxygens (including phenoxy) is 1. The van der Waals surface area contributed by atoms with Crippen molar-refractivity contribution in [2.24, 2.45) is 5.92 Å². The Morgan fingerprint density at radius 3 is 2.58 bits per heavy atom. The Balaban J connectivity index is 0.000000193. The predicted molar refractivity (Wildman–Crippen MR) is 172 cm³/mol. The van der Waals surface area contributed by atoms with Crippen LogP contribution in [0.4, 0.5) is 0 Å². The van der Waals surface area contributed by atoms with Crippen molar-refractivity contribution in [1.29, 1.82) is 0 Å². The van der Waals surface area contributed by atoms with Gasteiger partial charge < -0.3 is 19.5 Å². The molecule has 0 bridgehead atoms. The Labute approximate surface area is 256 Å². The summed E-state index contributed by atoms with van der Waals surface area (Å²) in [4.78, 5) is 21.1. The van der Waals surface area contributed by atoms with Crippen LogP contribution in [-0.2, 0) is 14.6 Å². The molecule has 2 aliphatic heterocycles. The van der Waals surface area contributed by atoms with Gasteiger partial charge >= 0.3 is 0 Å². The summed E-state index contributed by atoms with van der Waals surface area (Å²) in [6.07, 6.45) is 14.3. The van der Waals surface area contributed by atoms with Crippen LogP contribution in [-0.4, -0.2) is 78.1 Å². The Hall–Kier alpha value is -3.24. The number of carbonyl (C=O) groups excluding carboxylic acids is 1. The fourth-order valence-electron chi connectivity index (χ4n) is 5.88. The minimum absolute atomic E-state index is 0.0758. The second-order valence-electron chi connectivity index (χ2n) is 11.7.